The number of hydrogen-bond acceptors (Lipinski definition) is 2. The van der Waals surface area contributed by atoms with Gasteiger partial charge in [-0.1, -0.05) is 17.7 Å². The molecule has 0 spiro atoms. The Morgan fingerprint density at radius 3 is 2.87 bits per heavy atom. The predicted molar refractivity (Wildman–Crippen MR) is 55.5 cm³/mol. The molecule has 0 aromatic heterocycles. The zero-order valence-electron chi connectivity index (χ0n) is 8.13. The number of halogens is 2. The Bertz CT molecular complexity index is 370. The molecule has 0 amide bonds. The molecule has 5 heteroatoms. The maximum absolute atomic E-state index is 13.1. The van der Waals surface area contributed by atoms with Crippen LogP contribution in [0.1, 0.15) is 18.5 Å². The number of benzene rings is 1. The average molecular weight is 232 g/mol. The van der Waals surface area contributed by atoms with Gasteiger partial charge >= 0.3 is 5.97 Å². The normalized spacial score (nSPS) is 12.5. The van der Waals surface area contributed by atoms with Crippen LogP contribution in [0.4, 0.5) is 4.39 Å². The summed E-state index contributed by atoms with van der Waals surface area (Å²) < 4.78 is 13.1. The third-order valence-electron chi connectivity index (χ3n) is 2.00. The number of aliphatic carboxylic acids is 1. The lowest BCUT2D eigenvalue weighted by Gasteiger charge is -2.12. The molecule has 0 aliphatic heterocycles. The van der Waals surface area contributed by atoms with Gasteiger partial charge < -0.3 is 10.4 Å². The Balaban J connectivity index is 2.69. The lowest BCUT2D eigenvalue weighted by atomic mass is 10.1. The minimum Gasteiger partial charge on any atom is -0.480 e. The minimum atomic E-state index is -0.948. The summed E-state index contributed by atoms with van der Waals surface area (Å²) in [6.07, 6.45) is 0. The van der Waals surface area contributed by atoms with Crippen LogP contribution in [0.3, 0.4) is 0 Å². The molecule has 1 unspecified atom stereocenters. The summed E-state index contributed by atoms with van der Waals surface area (Å²) in [5.41, 5.74) is 0.665. The minimum absolute atomic E-state index is 0.0594. The maximum atomic E-state index is 13.1. The molecular weight excluding hydrogens is 221 g/mol. The third kappa shape index (κ3) is 3.49. The third-order valence-corrected chi connectivity index (χ3v) is 2.31. The van der Waals surface area contributed by atoms with Crippen molar-refractivity contribution in [1.29, 1.82) is 0 Å². The second-order valence-electron chi connectivity index (χ2n) is 3.17. The highest BCUT2D eigenvalue weighted by molar-refractivity contribution is 6.30. The Morgan fingerprint density at radius 2 is 2.33 bits per heavy atom. The summed E-state index contributed by atoms with van der Waals surface area (Å²) in [4.78, 5) is 10.3. The summed E-state index contributed by atoms with van der Waals surface area (Å²) in [7, 11) is 0. The van der Waals surface area contributed by atoms with Gasteiger partial charge in [0.2, 0.25) is 0 Å². The van der Waals surface area contributed by atoms with E-state index in [9.17, 15) is 9.18 Å². The van der Waals surface area contributed by atoms with Crippen LogP contribution < -0.4 is 5.32 Å². The lowest BCUT2D eigenvalue weighted by Crippen LogP contribution is -2.25. The molecule has 0 radical (unpaired) electrons. The van der Waals surface area contributed by atoms with Gasteiger partial charge in [0, 0.05) is 6.04 Å². The van der Waals surface area contributed by atoms with Crippen LogP contribution in [0.5, 0.6) is 0 Å². The van der Waals surface area contributed by atoms with Gasteiger partial charge in [-0.15, -0.1) is 0 Å². The lowest BCUT2D eigenvalue weighted by molar-refractivity contribution is -0.136. The molecule has 0 saturated heterocycles. The summed E-state index contributed by atoms with van der Waals surface area (Å²) in [5, 5.41) is 11.2. The first-order valence-electron chi connectivity index (χ1n) is 4.41. The van der Waals surface area contributed by atoms with Crippen molar-refractivity contribution < 1.29 is 14.3 Å². The van der Waals surface area contributed by atoms with E-state index in [0.717, 1.165) is 0 Å². The number of carbonyl (C=O) groups is 1. The molecule has 3 nitrogen and oxygen atoms in total. The standard InChI is InChI=1S/C10H11ClFNO2/c1-6(13-5-10(14)15)7-2-3-8(11)9(12)4-7/h2-4,6,13H,5H2,1H3,(H,14,15). The average Bonchev–Trinajstić information content (AvgIpc) is 2.18. The number of hydrogen-bond donors (Lipinski definition) is 2. The van der Waals surface area contributed by atoms with Crippen LogP contribution in [0.25, 0.3) is 0 Å². The van der Waals surface area contributed by atoms with Crippen molar-refractivity contribution in [3.05, 3.63) is 34.6 Å². The van der Waals surface area contributed by atoms with Crippen LogP contribution in [0.2, 0.25) is 5.02 Å². The largest absolute Gasteiger partial charge is 0.480 e. The summed E-state index contributed by atoms with van der Waals surface area (Å²) in [5.74, 6) is -1.45. The van der Waals surface area contributed by atoms with Gasteiger partial charge in [-0.05, 0) is 24.6 Å². The predicted octanol–water partition coefficient (Wildman–Crippen LogP) is 2.21. The van der Waals surface area contributed by atoms with Gasteiger partial charge in [0.05, 0.1) is 11.6 Å². The quantitative estimate of drug-likeness (QED) is 0.835. The van der Waals surface area contributed by atoms with Crippen molar-refractivity contribution in [2.24, 2.45) is 0 Å². The maximum Gasteiger partial charge on any atom is 0.317 e. The van der Waals surface area contributed by atoms with E-state index in [0.29, 0.717) is 5.56 Å². The Morgan fingerprint density at radius 1 is 1.67 bits per heavy atom. The first-order chi connectivity index (χ1) is 7.00. The van der Waals surface area contributed by atoms with E-state index in [2.05, 4.69) is 5.32 Å². The van der Waals surface area contributed by atoms with Gasteiger partial charge in [-0.25, -0.2) is 4.39 Å². The van der Waals surface area contributed by atoms with E-state index in [1.54, 1.807) is 13.0 Å². The van der Waals surface area contributed by atoms with Crippen molar-refractivity contribution in [2.45, 2.75) is 13.0 Å². The molecule has 82 valence electrons. The monoisotopic (exact) mass is 231 g/mol. The number of nitrogens with one attached hydrogen (secondary N) is 1. The van der Waals surface area contributed by atoms with Crippen molar-refractivity contribution >= 4 is 17.6 Å². The van der Waals surface area contributed by atoms with Crippen LogP contribution in [-0.2, 0) is 4.79 Å². The Kier molecular flexibility index (Phi) is 4.05. The molecule has 0 aliphatic carbocycles. The molecular formula is C10H11ClFNO2. The number of carboxylic acid groups (broad SMARTS) is 1. The van der Waals surface area contributed by atoms with Crippen LogP contribution >= 0.6 is 11.6 Å². The van der Waals surface area contributed by atoms with Crippen molar-refractivity contribution in [2.75, 3.05) is 6.54 Å². The van der Waals surface area contributed by atoms with Crippen LogP contribution in [0.15, 0.2) is 18.2 Å². The first kappa shape index (κ1) is 11.9. The van der Waals surface area contributed by atoms with Gasteiger partial charge in [-0.2, -0.15) is 0 Å². The highest BCUT2D eigenvalue weighted by Crippen LogP contribution is 2.19. The molecule has 0 bridgehead atoms. The fraction of sp³-hybridized carbons (Fsp3) is 0.300. The molecule has 0 saturated carbocycles. The Labute approximate surface area is 91.9 Å². The zero-order chi connectivity index (χ0) is 11.4. The molecule has 1 aromatic carbocycles. The summed E-state index contributed by atoms with van der Waals surface area (Å²) in [6, 6.07) is 4.17. The molecule has 1 aromatic rings. The summed E-state index contributed by atoms with van der Waals surface area (Å²) >= 11 is 5.52. The van der Waals surface area contributed by atoms with Crippen molar-refractivity contribution in [3.8, 4) is 0 Å². The second kappa shape index (κ2) is 5.09. The zero-order valence-corrected chi connectivity index (χ0v) is 8.88. The van der Waals surface area contributed by atoms with E-state index < -0.39 is 11.8 Å². The molecule has 1 rings (SSSR count). The molecule has 1 atom stereocenters. The number of carboxylic acids is 1. The highest BCUT2D eigenvalue weighted by Gasteiger charge is 2.08. The first-order valence-corrected chi connectivity index (χ1v) is 4.78. The van der Waals surface area contributed by atoms with Crippen molar-refractivity contribution in [3.63, 3.8) is 0 Å². The van der Waals surface area contributed by atoms with E-state index >= 15 is 0 Å². The number of rotatable bonds is 4. The molecule has 0 fully saturated rings. The highest BCUT2D eigenvalue weighted by atomic mass is 35.5. The second-order valence-corrected chi connectivity index (χ2v) is 3.58. The molecule has 0 heterocycles. The Hall–Kier alpha value is -1.13. The van der Waals surface area contributed by atoms with Gasteiger partial charge in [-0.3, -0.25) is 4.79 Å². The summed E-state index contributed by atoms with van der Waals surface area (Å²) in [6.45, 7) is 1.59. The van der Waals surface area contributed by atoms with Gasteiger partial charge in [0.15, 0.2) is 0 Å². The smallest absolute Gasteiger partial charge is 0.317 e. The fourth-order valence-corrected chi connectivity index (χ4v) is 1.26. The molecule has 15 heavy (non-hydrogen) atoms. The SMILES string of the molecule is CC(NCC(=O)O)c1ccc(Cl)c(F)c1. The van der Waals surface area contributed by atoms with Crippen molar-refractivity contribution in [1.82, 2.24) is 5.32 Å². The fourth-order valence-electron chi connectivity index (χ4n) is 1.14. The van der Waals surface area contributed by atoms with E-state index in [4.69, 9.17) is 16.7 Å². The molecule has 2 N–H and O–H groups in total. The van der Waals surface area contributed by atoms with Crippen LogP contribution in [-0.4, -0.2) is 17.6 Å². The van der Waals surface area contributed by atoms with Gasteiger partial charge in [0.25, 0.3) is 0 Å². The van der Waals surface area contributed by atoms with E-state index in [1.807, 2.05) is 0 Å². The molecule has 0 aliphatic rings. The van der Waals surface area contributed by atoms with Gasteiger partial charge in [0.1, 0.15) is 5.82 Å². The topological polar surface area (TPSA) is 49.3 Å². The van der Waals surface area contributed by atoms with Crippen LogP contribution in [0, 0.1) is 5.82 Å². The van der Waals surface area contributed by atoms with E-state index in [1.165, 1.54) is 12.1 Å². The van der Waals surface area contributed by atoms with E-state index in [-0.39, 0.29) is 17.6 Å².